The van der Waals surface area contributed by atoms with Crippen molar-refractivity contribution in [3.8, 4) is 5.75 Å². The van der Waals surface area contributed by atoms with Gasteiger partial charge in [0.2, 0.25) is 0 Å². The smallest absolute Gasteiger partial charge is 0.261 e. The van der Waals surface area contributed by atoms with Gasteiger partial charge in [-0.1, -0.05) is 6.07 Å². The predicted molar refractivity (Wildman–Crippen MR) is 70.3 cm³/mol. The molecular formula is C14H19FN2O2. The first-order valence-electron chi connectivity index (χ1n) is 6.57. The van der Waals surface area contributed by atoms with Gasteiger partial charge in [-0.05, 0) is 43.9 Å². The highest BCUT2D eigenvalue weighted by molar-refractivity contribution is 5.81. The molecule has 1 aliphatic heterocycles. The van der Waals surface area contributed by atoms with E-state index in [2.05, 4.69) is 5.32 Å². The van der Waals surface area contributed by atoms with E-state index >= 15 is 0 Å². The Bertz CT molecular complexity index is 463. The summed E-state index contributed by atoms with van der Waals surface area (Å²) in [7, 11) is 0. The number of halogens is 1. The first kappa shape index (κ1) is 13.8. The third-order valence-corrected chi connectivity index (χ3v) is 3.24. The summed E-state index contributed by atoms with van der Waals surface area (Å²) in [5, 5.41) is 2.76. The second kappa shape index (κ2) is 6.02. The van der Waals surface area contributed by atoms with Crippen LogP contribution in [0.25, 0.3) is 0 Å². The first-order chi connectivity index (χ1) is 9.08. The number of rotatable bonds is 3. The molecular weight excluding hydrogens is 247 g/mol. The van der Waals surface area contributed by atoms with Crippen molar-refractivity contribution in [1.82, 2.24) is 5.32 Å². The summed E-state index contributed by atoms with van der Waals surface area (Å²) in [5.74, 6) is -0.550. The molecule has 1 aromatic rings. The van der Waals surface area contributed by atoms with Crippen LogP contribution in [-0.2, 0) is 4.79 Å². The molecule has 0 saturated carbocycles. The molecule has 1 aliphatic rings. The number of amides is 1. The Balaban J connectivity index is 2.11. The molecule has 104 valence electrons. The zero-order valence-electron chi connectivity index (χ0n) is 11.0. The van der Waals surface area contributed by atoms with Crippen LogP contribution in [-0.4, -0.2) is 18.6 Å². The molecule has 3 N–H and O–H groups in total. The van der Waals surface area contributed by atoms with Gasteiger partial charge in [0.1, 0.15) is 0 Å². The lowest BCUT2D eigenvalue weighted by Crippen LogP contribution is -2.36. The Morgan fingerprint density at radius 3 is 2.95 bits per heavy atom. The topological polar surface area (TPSA) is 64.3 Å². The lowest BCUT2D eigenvalue weighted by molar-refractivity contribution is -0.127. The number of ether oxygens (including phenoxy) is 1. The number of nitrogens with two attached hydrogens (primary N) is 1. The van der Waals surface area contributed by atoms with Gasteiger partial charge >= 0.3 is 0 Å². The summed E-state index contributed by atoms with van der Waals surface area (Å²) in [4.78, 5) is 11.7. The Hall–Kier alpha value is -1.62. The van der Waals surface area contributed by atoms with Crippen molar-refractivity contribution in [3.05, 3.63) is 29.6 Å². The fraction of sp³-hybridized carbons (Fsp3) is 0.500. The van der Waals surface area contributed by atoms with Gasteiger partial charge in [0.05, 0.1) is 0 Å². The van der Waals surface area contributed by atoms with Crippen LogP contribution in [0.1, 0.15) is 37.8 Å². The summed E-state index contributed by atoms with van der Waals surface area (Å²) in [6.45, 7) is 2.44. The van der Waals surface area contributed by atoms with E-state index < -0.39 is 11.9 Å². The summed E-state index contributed by atoms with van der Waals surface area (Å²) < 4.78 is 19.4. The minimum Gasteiger partial charge on any atom is -0.478 e. The fourth-order valence-electron chi connectivity index (χ4n) is 2.07. The van der Waals surface area contributed by atoms with Gasteiger partial charge in [-0.2, -0.15) is 0 Å². The molecule has 1 amide bonds. The summed E-state index contributed by atoms with van der Waals surface area (Å²) in [6, 6.07) is 4.38. The van der Waals surface area contributed by atoms with E-state index in [1.165, 1.54) is 12.1 Å². The maximum absolute atomic E-state index is 13.9. The molecule has 0 bridgehead atoms. The van der Waals surface area contributed by atoms with Crippen molar-refractivity contribution >= 4 is 5.91 Å². The maximum Gasteiger partial charge on any atom is 0.261 e. The van der Waals surface area contributed by atoms with Crippen LogP contribution in [0.4, 0.5) is 4.39 Å². The number of carbonyl (C=O) groups excluding carboxylic acids is 1. The monoisotopic (exact) mass is 266 g/mol. The number of carbonyl (C=O) groups is 1. The van der Waals surface area contributed by atoms with Crippen molar-refractivity contribution in [3.63, 3.8) is 0 Å². The van der Waals surface area contributed by atoms with Gasteiger partial charge in [0, 0.05) is 12.6 Å². The standard InChI is InChI=1S/C14H19FN2O2/c1-9(16)10-5-6-12(11(15)8-10)19-13-4-2-3-7-17-14(13)18/h5-6,8-9,13H,2-4,7,16H2,1H3,(H,17,18)/t9-,13?/m1/s1. The van der Waals surface area contributed by atoms with Gasteiger partial charge in [0.15, 0.2) is 17.7 Å². The van der Waals surface area contributed by atoms with E-state index in [1.807, 2.05) is 0 Å². The first-order valence-corrected chi connectivity index (χ1v) is 6.57. The molecule has 1 saturated heterocycles. The predicted octanol–water partition coefficient (Wildman–Crippen LogP) is 1.89. The fourth-order valence-corrected chi connectivity index (χ4v) is 2.07. The van der Waals surface area contributed by atoms with E-state index in [9.17, 15) is 9.18 Å². The van der Waals surface area contributed by atoms with Crippen molar-refractivity contribution in [2.24, 2.45) is 5.73 Å². The SMILES string of the molecule is C[C@@H](N)c1ccc(OC2CCCCNC2=O)c(F)c1. The molecule has 1 aromatic carbocycles. The number of nitrogens with one attached hydrogen (secondary N) is 1. The molecule has 4 nitrogen and oxygen atoms in total. The minimum absolute atomic E-state index is 0.103. The van der Waals surface area contributed by atoms with E-state index in [1.54, 1.807) is 13.0 Å². The van der Waals surface area contributed by atoms with Crippen LogP contribution >= 0.6 is 0 Å². The maximum atomic E-state index is 13.9. The molecule has 0 aliphatic carbocycles. The number of hydrogen-bond acceptors (Lipinski definition) is 3. The normalized spacial score (nSPS) is 21.4. The molecule has 0 aromatic heterocycles. The molecule has 0 radical (unpaired) electrons. The quantitative estimate of drug-likeness (QED) is 0.878. The Morgan fingerprint density at radius 2 is 2.26 bits per heavy atom. The van der Waals surface area contributed by atoms with E-state index in [0.717, 1.165) is 12.8 Å². The van der Waals surface area contributed by atoms with Gasteiger partial charge in [-0.3, -0.25) is 4.79 Å². The van der Waals surface area contributed by atoms with Crippen molar-refractivity contribution in [2.45, 2.75) is 38.3 Å². The van der Waals surface area contributed by atoms with E-state index in [0.29, 0.717) is 18.5 Å². The molecule has 1 heterocycles. The highest BCUT2D eigenvalue weighted by atomic mass is 19.1. The minimum atomic E-state index is -0.613. The average Bonchev–Trinajstić information content (AvgIpc) is 2.57. The molecule has 19 heavy (non-hydrogen) atoms. The van der Waals surface area contributed by atoms with Gasteiger partial charge < -0.3 is 15.8 Å². The number of hydrogen-bond donors (Lipinski definition) is 2. The van der Waals surface area contributed by atoms with Crippen LogP contribution in [0.3, 0.4) is 0 Å². The van der Waals surface area contributed by atoms with Crippen molar-refractivity contribution < 1.29 is 13.9 Å². The molecule has 0 spiro atoms. The second-order valence-electron chi connectivity index (χ2n) is 4.87. The Labute approximate surface area is 112 Å². The van der Waals surface area contributed by atoms with Gasteiger partial charge in [0.25, 0.3) is 5.91 Å². The molecule has 2 rings (SSSR count). The van der Waals surface area contributed by atoms with Crippen LogP contribution < -0.4 is 15.8 Å². The van der Waals surface area contributed by atoms with Gasteiger partial charge in [-0.25, -0.2) is 4.39 Å². The van der Waals surface area contributed by atoms with Crippen molar-refractivity contribution in [2.75, 3.05) is 6.54 Å². The lowest BCUT2D eigenvalue weighted by Gasteiger charge is -2.17. The van der Waals surface area contributed by atoms with E-state index in [4.69, 9.17) is 10.5 Å². The zero-order valence-corrected chi connectivity index (χ0v) is 11.0. The van der Waals surface area contributed by atoms with Gasteiger partial charge in [-0.15, -0.1) is 0 Å². The molecule has 1 fully saturated rings. The number of benzene rings is 1. The Morgan fingerprint density at radius 1 is 1.47 bits per heavy atom. The van der Waals surface area contributed by atoms with E-state index in [-0.39, 0.29) is 17.7 Å². The van der Waals surface area contributed by atoms with Crippen LogP contribution in [0, 0.1) is 5.82 Å². The third-order valence-electron chi connectivity index (χ3n) is 3.24. The average molecular weight is 266 g/mol. The highest BCUT2D eigenvalue weighted by Gasteiger charge is 2.23. The largest absolute Gasteiger partial charge is 0.478 e. The highest BCUT2D eigenvalue weighted by Crippen LogP contribution is 2.23. The molecule has 5 heteroatoms. The van der Waals surface area contributed by atoms with Crippen molar-refractivity contribution in [1.29, 1.82) is 0 Å². The molecule has 2 atom stereocenters. The summed E-state index contributed by atoms with van der Waals surface area (Å²) in [6.07, 6.45) is 1.82. The second-order valence-corrected chi connectivity index (χ2v) is 4.87. The zero-order chi connectivity index (χ0) is 13.8. The summed E-state index contributed by atoms with van der Waals surface area (Å²) >= 11 is 0. The third kappa shape index (κ3) is 3.44. The lowest BCUT2D eigenvalue weighted by atomic mass is 10.1. The van der Waals surface area contributed by atoms with Crippen LogP contribution in [0.2, 0.25) is 0 Å². The molecule has 1 unspecified atom stereocenters. The summed E-state index contributed by atoms with van der Waals surface area (Å²) in [5.41, 5.74) is 6.39. The Kier molecular flexibility index (Phi) is 4.37. The van der Waals surface area contributed by atoms with Crippen LogP contribution in [0.15, 0.2) is 18.2 Å². The van der Waals surface area contributed by atoms with Crippen LogP contribution in [0.5, 0.6) is 5.75 Å².